The maximum Gasteiger partial charge on any atom is 0.0692 e. The predicted molar refractivity (Wildman–Crippen MR) is 67.4 cm³/mol. The Morgan fingerprint density at radius 2 is 2.19 bits per heavy atom. The lowest BCUT2D eigenvalue weighted by molar-refractivity contribution is 0.981. The fourth-order valence-corrected chi connectivity index (χ4v) is 1.99. The topological polar surface area (TPSA) is 51.3 Å². The third kappa shape index (κ3) is 2.19. The van der Waals surface area contributed by atoms with Crippen LogP contribution in [0.25, 0.3) is 5.57 Å². The molecule has 16 heavy (non-hydrogen) atoms. The molecule has 0 saturated carbocycles. The number of nitrogens with zero attached hydrogens (tertiary/aromatic N) is 2. The smallest absolute Gasteiger partial charge is 0.0692 e. The average molecular weight is 215 g/mol. The lowest BCUT2D eigenvalue weighted by Gasteiger charge is -2.13. The van der Waals surface area contributed by atoms with Crippen molar-refractivity contribution < 1.29 is 0 Å². The zero-order valence-corrected chi connectivity index (χ0v) is 9.83. The molecule has 0 radical (unpaired) electrons. The molecule has 1 aliphatic rings. The highest BCUT2D eigenvalue weighted by Gasteiger charge is 2.10. The summed E-state index contributed by atoms with van der Waals surface area (Å²) in [4.78, 5) is 8.87. The average Bonchev–Trinajstić information content (AvgIpc) is 2.28. The lowest BCUT2D eigenvalue weighted by Crippen LogP contribution is -2.05. The van der Waals surface area contributed by atoms with Gasteiger partial charge in [0.1, 0.15) is 0 Å². The fourth-order valence-electron chi connectivity index (χ4n) is 1.99. The molecular formula is C13H17N3. The highest BCUT2D eigenvalue weighted by Crippen LogP contribution is 2.22. The van der Waals surface area contributed by atoms with E-state index in [9.17, 15) is 0 Å². The maximum atomic E-state index is 5.60. The minimum absolute atomic E-state index is 0.549. The Hall–Kier alpha value is -1.48. The first kappa shape index (κ1) is 11.0. The van der Waals surface area contributed by atoms with Crippen molar-refractivity contribution in [3.05, 3.63) is 35.2 Å². The van der Waals surface area contributed by atoms with E-state index < -0.39 is 0 Å². The van der Waals surface area contributed by atoms with Crippen LogP contribution in [-0.2, 0) is 6.54 Å². The molecule has 0 atom stereocenters. The van der Waals surface area contributed by atoms with E-state index in [1.807, 2.05) is 13.1 Å². The van der Waals surface area contributed by atoms with Gasteiger partial charge >= 0.3 is 0 Å². The van der Waals surface area contributed by atoms with E-state index in [0.717, 1.165) is 29.9 Å². The van der Waals surface area contributed by atoms with Gasteiger partial charge in [0.05, 0.1) is 5.69 Å². The van der Waals surface area contributed by atoms with Crippen LogP contribution in [0.5, 0.6) is 0 Å². The second kappa shape index (κ2) is 4.58. The summed E-state index contributed by atoms with van der Waals surface area (Å²) in [5, 5.41) is 0. The minimum Gasteiger partial charge on any atom is -0.326 e. The molecule has 0 spiro atoms. The Morgan fingerprint density at radius 1 is 1.38 bits per heavy atom. The monoisotopic (exact) mass is 215 g/mol. The number of aliphatic imine (C=N–C) groups is 1. The number of hydrogen-bond acceptors (Lipinski definition) is 3. The van der Waals surface area contributed by atoms with Gasteiger partial charge in [0, 0.05) is 25.0 Å². The summed E-state index contributed by atoms with van der Waals surface area (Å²) in [7, 11) is 0. The Labute approximate surface area is 96.1 Å². The molecule has 1 aliphatic heterocycles. The van der Waals surface area contributed by atoms with Crippen molar-refractivity contribution >= 4 is 11.3 Å². The quantitative estimate of drug-likeness (QED) is 0.821. The number of hydrogen-bond donors (Lipinski definition) is 1. The van der Waals surface area contributed by atoms with Crippen LogP contribution in [0.3, 0.4) is 0 Å². The van der Waals surface area contributed by atoms with Crippen LogP contribution in [0.15, 0.2) is 23.3 Å². The molecule has 2 rings (SSSR count). The molecule has 3 heteroatoms. The fraction of sp³-hybridized carbons (Fsp3) is 0.385. The molecule has 2 N–H and O–H groups in total. The zero-order valence-electron chi connectivity index (χ0n) is 9.83. The molecule has 0 saturated heterocycles. The number of nitrogens with two attached hydrogens (primary N) is 1. The molecule has 0 bridgehead atoms. The van der Waals surface area contributed by atoms with Gasteiger partial charge in [-0.1, -0.05) is 6.07 Å². The van der Waals surface area contributed by atoms with Crippen LogP contribution in [0.2, 0.25) is 0 Å². The first-order valence-corrected chi connectivity index (χ1v) is 5.58. The molecule has 1 aromatic rings. The molecule has 0 aliphatic carbocycles. The summed E-state index contributed by atoms with van der Waals surface area (Å²) in [6.07, 6.45) is 4.97. The number of aryl methyl sites for hydroxylation is 1. The Bertz CT molecular complexity index is 458. The predicted octanol–water partition coefficient (Wildman–Crippen LogP) is 2.10. The van der Waals surface area contributed by atoms with Gasteiger partial charge in [-0.2, -0.15) is 0 Å². The second-order valence-corrected chi connectivity index (χ2v) is 4.16. The van der Waals surface area contributed by atoms with E-state index in [0.29, 0.717) is 6.54 Å². The highest BCUT2D eigenvalue weighted by molar-refractivity contribution is 6.00. The number of pyridine rings is 1. The third-order valence-corrected chi connectivity index (χ3v) is 2.80. The Kier molecular flexibility index (Phi) is 3.15. The van der Waals surface area contributed by atoms with Crippen molar-refractivity contribution in [3.63, 3.8) is 0 Å². The molecule has 0 aromatic carbocycles. The molecule has 3 nitrogen and oxygen atoms in total. The first-order chi connectivity index (χ1) is 7.70. The van der Waals surface area contributed by atoms with Gasteiger partial charge in [-0.15, -0.1) is 0 Å². The van der Waals surface area contributed by atoms with Crippen molar-refractivity contribution in [3.8, 4) is 0 Å². The van der Waals surface area contributed by atoms with Gasteiger partial charge in [-0.3, -0.25) is 9.98 Å². The van der Waals surface area contributed by atoms with E-state index in [1.54, 1.807) is 0 Å². The molecule has 84 valence electrons. The largest absolute Gasteiger partial charge is 0.326 e. The van der Waals surface area contributed by atoms with Crippen molar-refractivity contribution in [2.24, 2.45) is 10.7 Å². The van der Waals surface area contributed by atoms with E-state index in [4.69, 9.17) is 5.73 Å². The number of aromatic nitrogens is 1. The summed E-state index contributed by atoms with van der Waals surface area (Å²) in [5.74, 6) is 0. The minimum atomic E-state index is 0.549. The third-order valence-electron chi connectivity index (χ3n) is 2.80. The summed E-state index contributed by atoms with van der Waals surface area (Å²) < 4.78 is 0. The summed E-state index contributed by atoms with van der Waals surface area (Å²) >= 11 is 0. The zero-order chi connectivity index (χ0) is 11.5. The van der Waals surface area contributed by atoms with E-state index in [-0.39, 0.29) is 0 Å². The first-order valence-electron chi connectivity index (χ1n) is 5.58. The maximum absolute atomic E-state index is 5.60. The Balaban J connectivity index is 2.37. The van der Waals surface area contributed by atoms with Crippen molar-refractivity contribution in [1.29, 1.82) is 0 Å². The van der Waals surface area contributed by atoms with Crippen molar-refractivity contribution in [2.45, 2.75) is 26.8 Å². The number of rotatable bonds is 2. The summed E-state index contributed by atoms with van der Waals surface area (Å²) in [6, 6.07) is 2.12. The van der Waals surface area contributed by atoms with Crippen LogP contribution in [-0.4, -0.2) is 17.2 Å². The van der Waals surface area contributed by atoms with E-state index >= 15 is 0 Å². The van der Waals surface area contributed by atoms with Crippen LogP contribution in [0, 0.1) is 6.92 Å². The van der Waals surface area contributed by atoms with Crippen LogP contribution in [0.1, 0.15) is 30.2 Å². The van der Waals surface area contributed by atoms with Gasteiger partial charge in [0.2, 0.25) is 0 Å². The molecule has 0 unspecified atom stereocenters. The molecular weight excluding hydrogens is 198 g/mol. The van der Waals surface area contributed by atoms with Gasteiger partial charge in [0.25, 0.3) is 0 Å². The van der Waals surface area contributed by atoms with E-state index in [2.05, 4.69) is 29.0 Å². The van der Waals surface area contributed by atoms with Crippen LogP contribution < -0.4 is 5.73 Å². The standard InChI is InChI=1S/C13H17N3/c1-9-5-11(7-14)8-16-13(9)12-3-4-15-10(2)6-12/h5-6,8H,3-4,7,14H2,1-2H3. The van der Waals surface area contributed by atoms with Gasteiger partial charge in [0.15, 0.2) is 0 Å². The van der Waals surface area contributed by atoms with Crippen molar-refractivity contribution in [1.82, 2.24) is 4.98 Å². The normalized spacial score (nSPS) is 15.7. The molecule has 0 fully saturated rings. The number of allylic oxidation sites excluding steroid dienone is 1. The molecule has 0 amide bonds. The van der Waals surface area contributed by atoms with Gasteiger partial charge in [-0.05, 0) is 43.0 Å². The highest BCUT2D eigenvalue weighted by atomic mass is 14.7. The molecule has 2 heterocycles. The summed E-state index contributed by atoms with van der Waals surface area (Å²) in [5.41, 5.74) is 11.3. The number of dihydropyridines is 1. The van der Waals surface area contributed by atoms with Crippen LogP contribution in [0.4, 0.5) is 0 Å². The van der Waals surface area contributed by atoms with Crippen molar-refractivity contribution in [2.75, 3.05) is 6.54 Å². The second-order valence-electron chi connectivity index (χ2n) is 4.16. The van der Waals surface area contributed by atoms with Crippen LogP contribution >= 0.6 is 0 Å². The van der Waals surface area contributed by atoms with Gasteiger partial charge in [-0.25, -0.2) is 0 Å². The lowest BCUT2D eigenvalue weighted by atomic mass is 10.00. The SMILES string of the molecule is CC1=NCCC(c2ncc(CN)cc2C)=C1. The van der Waals surface area contributed by atoms with Gasteiger partial charge < -0.3 is 5.73 Å². The van der Waals surface area contributed by atoms with E-state index in [1.165, 1.54) is 11.1 Å². The summed E-state index contributed by atoms with van der Waals surface area (Å²) in [6.45, 7) is 5.54. The Morgan fingerprint density at radius 3 is 2.81 bits per heavy atom. The molecule has 1 aromatic heterocycles.